The van der Waals surface area contributed by atoms with E-state index >= 15 is 0 Å². The SMILES string of the molecule is Cc1ccc2c(c1)c(N=NC(=O)COc1ccc(C)c(C)c1)c(O)n2C. The molecule has 0 aliphatic carbocycles. The first kappa shape index (κ1) is 17.7. The third-order valence-electron chi connectivity index (χ3n) is 4.40. The Hall–Kier alpha value is -3.15. The fourth-order valence-corrected chi connectivity index (χ4v) is 2.71. The minimum Gasteiger partial charge on any atom is -0.493 e. The normalized spacial score (nSPS) is 11.4. The minimum atomic E-state index is -0.521. The predicted molar refractivity (Wildman–Crippen MR) is 100 cm³/mol. The smallest absolute Gasteiger partial charge is 0.302 e. The Morgan fingerprint density at radius 3 is 2.62 bits per heavy atom. The summed E-state index contributed by atoms with van der Waals surface area (Å²) < 4.78 is 7.07. The molecule has 0 unspecified atom stereocenters. The second-order valence-electron chi connectivity index (χ2n) is 6.38. The van der Waals surface area contributed by atoms with Crippen LogP contribution in [0, 0.1) is 20.8 Å². The van der Waals surface area contributed by atoms with Gasteiger partial charge in [0.1, 0.15) is 5.75 Å². The van der Waals surface area contributed by atoms with Crippen molar-refractivity contribution in [2.75, 3.05) is 6.61 Å². The number of aryl methyl sites for hydroxylation is 4. The number of aromatic nitrogens is 1. The van der Waals surface area contributed by atoms with Gasteiger partial charge < -0.3 is 14.4 Å². The fourth-order valence-electron chi connectivity index (χ4n) is 2.71. The van der Waals surface area contributed by atoms with Crippen LogP contribution in [0.25, 0.3) is 10.9 Å². The van der Waals surface area contributed by atoms with Gasteiger partial charge in [0.2, 0.25) is 5.88 Å². The summed E-state index contributed by atoms with van der Waals surface area (Å²) in [5.74, 6) is 0.0600. The van der Waals surface area contributed by atoms with Gasteiger partial charge in [-0.05, 0) is 56.2 Å². The highest BCUT2D eigenvalue weighted by atomic mass is 16.5. The zero-order chi connectivity index (χ0) is 18.8. The molecule has 1 amide bonds. The number of aromatic hydroxyl groups is 1. The molecule has 0 saturated heterocycles. The number of ether oxygens (including phenoxy) is 1. The number of carbonyl (C=O) groups is 1. The van der Waals surface area contributed by atoms with E-state index in [1.807, 2.05) is 57.2 Å². The van der Waals surface area contributed by atoms with Gasteiger partial charge in [0, 0.05) is 12.4 Å². The maximum Gasteiger partial charge on any atom is 0.302 e. The standard InChI is InChI=1S/C20H21N3O3/c1-12-5-8-17-16(9-12)19(20(25)23(17)4)22-21-18(24)11-26-15-7-6-13(2)14(3)10-15/h5-10,25H,11H2,1-4H3. The number of hydrogen-bond donors (Lipinski definition) is 1. The Morgan fingerprint density at radius 1 is 1.12 bits per heavy atom. The molecule has 1 N–H and O–H groups in total. The van der Waals surface area contributed by atoms with Gasteiger partial charge >= 0.3 is 5.91 Å². The van der Waals surface area contributed by atoms with Crippen LogP contribution in [-0.2, 0) is 11.8 Å². The molecule has 0 atom stereocenters. The first-order valence-electron chi connectivity index (χ1n) is 8.29. The van der Waals surface area contributed by atoms with Crippen molar-refractivity contribution in [1.29, 1.82) is 0 Å². The topological polar surface area (TPSA) is 76.2 Å². The van der Waals surface area contributed by atoms with Crippen LogP contribution in [0.5, 0.6) is 11.6 Å². The van der Waals surface area contributed by atoms with Gasteiger partial charge in [0.05, 0.1) is 5.52 Å². The summed E-state index contributed by atoms with van der Waals surface area (Å²) in [6.07, 6.45) is 0. The summed E-state index contributed by atoms with van der Waals surface area (Å²) >= 11 is 0. The van der Waals surface area contributed by atoms with E-state index in [2.05, 4.69) is 10.2 Å². The molecule has 3 rings (SSSR count). The van der Waals surface area contributed by atoms with E-state index in [4.69, 9.17) is 4.74 Å². The van der Waals surface area contributed by atoms with Crippen LogP contribution >= 0.6 is 0 Å². The molecule has 0 spiro atoms. The molecule has 0 fully saturated rings. The lowest BCUT2D eigenvalue weighted by molar-refractivity contribution is -0.120. The molecule has 1 aromatic heterocycles. The van der Waals surface area contributed by atoms with Gasteiger partial charge in [-0.15, -0.1) is 10.2 Å². The Bertz CT molecular complexity index is 1020. The van der Waals surface area contributed by atoms with Gasteiger partial charge in [-0.1, -0.05) is 17.7 Å². The maximum atomic E-state index is 12.0. The zero-order valence-corrected chi connectivity index (χ0v) is 15.3. The molecule has 0 aliphatic rings. The van der Waals surface area contributed by atoms with E-state index in [1.165, 1.54) is 0 Å². The molecule has 26 heavy (non-hydrogen) atoms. The molecular weight excluding hydrogens is 330 g/mol. The quantitative estimate of drug-likeness (QED) is 0.703. The summed E-state index contributed by atoms with van der Waals surface area (Å²) in [6, 6.07) is 11.4. The van der Waals surface area contributed by atoms with Crippen LogP contribution in [-0.4, -0.2) is 22.2 Å². The van der Waals surface area contributed by atoms with Crippen molar-refractivity contribution in [3.63, 3.8) is 0 Å². The highest BCUT2D eigenvalue weighted by Gasteiger charge is 2.15. The number of hydrogen-bond acceptors (Lipinski definition) is 4. The van der Waals surface area contributed by atoms with Crippen LogP contribution in [0.3, 0.4) is 0 Å². The molecule has 1 heterocycles. The average Bonchev–Trinajstić information content (AvgIpc) is 2.84. The van der Waals surface area contributed by atoms with Gasteiger partial charge in [-0.25, -0.2) is 0 Å². The molecule has 2 aromatic carbocycles. The lowest BCUT2D eigenvalue weighted by atomic mass is 10.1. The van der Waals surface area contributed by atoms with Gasteiger partial charge in [-0.3, -0.25) is 4.79 Å². The molecule has 134 valence electrons. The molecule has 0 bridgehead atoms. The highest BCUT2D eigenvalue weighted by Crippen LogP contribution is 2.38. The minimum absolute atomic E-state index is 0.0303. The van der Waals surface area contributed by atoms with Gasteiger partial charge in [0.15, 0.2) is 12.3 Å². The molecular formula is C20H21N3O3. The van der Waals surface area contributed by atoms with Crippen molar-refractivity contribution in [2.45, 2.75) is 20.8 Å². The molecule has 6 nitrogen and oxygen atoms in total. The summed E-state index contributed by atoms with van der Waals surface area (Å²) in [5, 5.41) is 18.7. The molecule has 0 saturated carbocycles. The number of nitrogens with zero attached hydrogens (tertiary/aromatic N) is 3. The van der Waals surface area contributed by atoms with Crippen molar-refractivity contribution in [1.82, 2.24) is 4.57 Å². The summed E-state index contributed by atoms with van der Waals surface area (Å²) in [4.78, 5) is 12.0. The monoisotopic (exact) mass is 351 g/mol. The predicted octanol–water partition coefficient (Wildman–Crippen LogP) is 4.50. The van der Waals surface area contributed by atoms with Crippen molar-refractivity contribution < 1.29 is 14.6 Å². The summed E-state index contributed by atoms with van der Waals surface area (Å²) in [6.45, 7) is 5.73. The van der Waals surface area contributed by atoms with E-state index in [0.29, 0.717) is 5.75 Å². The van der Waals surface area contributed by atoms with E-state index in [-0.39, 0.29) is 18.2 Å². The number of amides is 1. The lowest BCUT2D eigenvalue weighted by Gasteiger charge is -2.05. The van der Waals surface area contributed by atoms with Gasteiger partial charge in [-0.2, -0.15) is 0 Å². The van der Waals surface area contributed by atoms with Crippen LogP contribution in [0.2, 0.25) is 0 Å². The largest absolute Gasteiger partial charge is 0.493 e. The van der Waals surface area contributed by atoms with Crippen molar-refractivity contribution in [3.05, 3.63) is 53.1 Å². The Labute approximate surface area is 151 Å². The summed E-state index contributed by atoms with van der Waals surface area (Å²) in [5.41, 5.74) is 4.38. The lowest BCUT2D eigenvalue weighted by Crippen LogP contribution is -2.08. The number of azo groups is 1. The number of fused-ring (bicyclic) bond motifs is 1. The van der Waals surface area contributed by atoms with Crippen LogP contribution in [0.4, 0.5) is 5.69 Å². The number of carbonyl (C=O) groups excluding carboxylic acids is 1. The van der Waals surface area contributed by atoms with Crippen LogP contribution in [0.15, 0.2) is 46.6 Å². The van der Waals surface area contributed by atoms with Crippen LogP contribution < -0.4 is 4.74 Å². The van der Waals surface area contributed by atoms with E-state index in [0.717, 1.165) is 27.6 Å². The van der Waals surface area contributed by atoms with Crippen molar-refractivity contribution in [3.8, 4) is 11.6 Å². The molecule has 6 heteroatoms. The Balaban J connectivity index is 1.76. The van der Waals surface area contributed by atoms with E-state index in [1.54, 1.807) is 11.6 Å². The first-order chi connectivity index (χ1) is 12.4. The Kier molecular flexibility index (Phi) is 4.75. The van der Waals surface area contributed by atoms with Gasteiger partial charge in [0.25, 0.3) is 0 Å². The maximum absolute atomic E-state index is 12.0. The van der Waals surface area contributed by atoms with E-state index < -0.39 is 5.91 Å². The molecule has 0 radical (unpaired) electrons. The number of benzene rings is 2. The molecule has 3 aromatic rings. The fraction of sp³-hybridized carbons (Fsp3) is 0.250. The second-order valence-corrected chi connectivity index (χ2v) is 6.38. The Morgan fingerprint density at radius 2 is 1.88 bits per heavy atom. The second kappa shape index (κ2) is 7.00. The summed E-state index contributed by atoms with van der Waals surface area (Å²) in [7, 11) is 1.73. The third kappa shape index (κ3) is 3.44. The van der Waals surface area contributed by atoms with E-state index in [9.17, 15) is 9.90 Å². The third-order valence-corrected chi connectivity index (χ3v) is 4.40. The zero-order valence-electron chi connectivity index (χ0n) is 15.3. The average molecular weight is 351 g/mol. The molecule has 0 aliphatic heterocycles. The van der Waals surface area contributed by atoms with Crippen LogP contribution in [0.1, 0.15) is 16.7 Å². The van der Waals surface area contributed by atoms with Crippen molar-refractivity contribution >= 4 is 22.5 Å². The van der Waals surface area contributed by atoms with Crippen molar-refractivity contribution in [2.24, 2.45) is 17.3 Å². The number of rotatable bonds is 4. The highest BCUT2D eigenvalue weighted by molar-refractivity contribution is 5.95. The first-order valence-corrected chi connectivity index (χ1v) is 8.29.